The second-order valence-electron chi connectivity index (χ2n) is 5.06. The molecule has 0 bridgehead atoms. The minimum Gasteiger partial charge on any atom is -0.370 e. The van der Waals surface area contributed by atoms with E-state index < -0.39 is 0 Å². The third-order valence-electron chi connectivity index (χ3n) is 3.68. The first-order chi connectivity index (χ1) is 9.81. The predicted octanol–water partition coefficient (Wildman–Crippen LogP) is 4.39. The van der Waals surface area contributed by atoms with Gasteiger partial charge in [-0.3, -0.25) is 0 Å². The number of aromatic nitrogens is 2. The fourth-order valence-corrected chi connectivity index (χ4v) is 4.22. The average molecular weight is 301 g/mol. The van der Waals surface area contributed by atoms with Crippen LogP contribution in [0.1, 0.15) is 22.9 Å². The van der Waals surface area contributed by atoms with Gasteiger partial charge in [-0.05, 0) is 47.9 Å². The molecule has 0 aromatic carbocycles. The van der Waals surface area contributed by atoms with E-state index in [0.717, 1.165) is 24.5 Å². The highest BCUT2D eigenvalue weighted by Crippen LogP contribution is 2.35. The zero-order chi connectivity index (χ0) is 13.5. The molecule has 0 aliphatic carbocycles. The summed E-state index contributed by atoms with van der Waals surface area (Å²) in [5.74, 6) is 1.13. The van der Waals surface area contributed by atoms with Crippen LogP contribution in [0.3, 0.4) is 0 Å². The zero-order valence-electron chi connectivity index (χ0n) is 11.2. The summed E-state index contributed by atoms with van der Waals surface area (Å²) in [6.45, 7) is 3.14. The summed E-state index contributed by atoms with van der Waals surface area (Å²) in [6.07, 6.45) is 1.09. The zero-order valence-corrected chi connectivity index (χ0v) is 12.8. The lowest BCUT2D eigenvalue weighted by Crippen LogP contribution is -2.23. The van der Waals surface area contributed by atoms with Crippen LogP contribution in [-0.4, -0.2) is 16.3 Å². The Labute approximate surface area is 125 Å². The van der Waals surface area contributed by atoms with Gasteiger partial charge in [-0.1, -0.05) is 0 Å². The first-order valence-electron chi connectivity index (χ1n) is 6.73. The predicted molar refractivity (Wildman–Crippen MR) is 85.8 cm³/mol. The van der Waals surface area contributed by atoms with Gasteiger partial charge in [0.1, 0.15) is 11.5 Å². The molecule has 4 heterocycles. The summed E-state index contributed by atoms with van der Waals surface area (Å²) in [4.78, 5) is 2.57. The molecule has 1 unspecified atom stereocenters. The van der Waals surface area contributed by atoms with E-state index in [0.29, 0.717) is 6.04 Å². The lowest BCUT2D eigenvalue weighted by Gasteiger charge is -2.25. The number of thiophene rings is 2. The molecule has 20 heavy (non-hydrogen) atoms. The van der Waals surface area contributed by atoms with Crippen LogP contribution in [0.15, 0.2) is 35.0 Å². The van der Waals surface area contributed by atoms with Crippen molar-refractivity contribution in [1.29, 1.82) is 0 Å². The van der Waals surface area contributed by atoms with Gasteiger partial charge >= 0.3 is 0 Å². The van der Waals surface area contributed by atoms with Crippen molar-refractivity contribution in [3.8, 4) is 10.6 Å². The van der Waals surface area contributed by atoms with Gasteiger partial charge in [0, 0.05) is 17.5 Å². The molecule has 1 aliphatic heterocycles. The molecule has 3 nitrogen and oxygen atoms in total. The van der Waals surface area contributed by atoms with Crippen LogP contribution in [-0.2, 0) is 0 Å². The maximum absolute atomic E-state index is 4.84. The number of rotatable bonds is 2. The van der Waals surface area contributed by atoms with E-state index in [1.807, 2.05) is 0 Å². The van der Waals surface area contributed by atoms with Crippen LogP contribution in [0, 0.1) is 6.92 Å². The van der Waals surface area contributed by atoms with E-state index in [9.17, 15) is 0 Å². The molecule has 4 rings (SSSR count). The summed E-state index contributed by atoms with van der Waals surface area (Å²) in [5, 5.41) is 12.7. The molecule has 5 heteroatoms. The van der Waals surface area contributed by atoms with E-state index in [4.69, 9.17) is 5.10 Å². The maximum atomic E-state index is 4.84. The number of fused-ring (bicyclic) bond motifs is 1. The van der Waals surface area contributed by atoms with Crippen LogP contribution >= 0.6 is 22.7 Å². The van der Waals surface area contributed by atoms with Crippen molar-refractivity contribution in [3.05, 3.63) is 45.5 Å². The first-order valence-corrected chi connectivity index (χ1v) is 8.49. The lowest BCUT2D eigenvalue weighted by atomic mass is 10.1. The number of anilines is 1. The standard InChI is InChI=1S/C15H15N3S2/c1-10-2-3-14(20-10)12-8-15-16-6-4-13(18(15)17-12)11-5-7-19-9-11/h2-3,5,7-9,13,16H,4,6H2,1H3. The fourth-order valence-electron chi connectivity index (χ4n) is 2.69. The van der Waals surface area contributed by atoms with Gasteiger partial charge in [-0.15, -0.1) is 11.3 Å². The minimum absolute atomic E-state index is 0.368. The van der Waals surface area contributed by atoms with Crippen LogP contribution in [0.5, 0.6) is 0 Å². The minimum atomic E-state index is 0.368. The van der Waals surface area contributed by atoms with Gasteiger partial charge < -0.3 is 5.32 Å². The van der Waals surface area contributed by atoms with E-state index in [1.165, 1.54) is 15.3 Å². The molecule has 102 valence electrons. The summed E-state index contributed by atoms with van der Waals surface area (Å²) in [5.41, 5.74) is 2.45. The first kappa shape index (κ1) is 12.2. The molecule has 3 aromatic rings. The van der Waals surface area contributed by atoms with Crippen molar-refractivity contribution in [2.24, 2.45) is 0 Å². The molecule has 0 saturated heterocycles. The Kier molecular flexibility index (Phi) is 2.89. The molecule has 1 atom stereocenters. The van der Waals surface area contributed by atoms with Crippen molar-refractivity contribution in [3.63, 3.8) is 0 Å². The highest BCUT2D eigenvalue weighted by molar-refractivity contribution is 7.15. The van der Waals surface area contributed by atoms with E-state index >= 15 is 0 Å². The van der Waals surface area contributed by atoms with Crippen molar-refractivity contribution in [2.75, 3.05) is 11.9 Å². The highest BCUT2D eigenvalue weighted by Gasteiger charge is 2.23. The third kappa shape index (κ3) is 1.98. The monoisotopic (exact) mass is 301 g/mol. The molecular weight excluding hydrogens is 286 g/mol. The smallest absolute Gasteiger partial charge is 0.125 e. The molecule has 1 aliphatic rings. The van der Waals surface area contributed by atoms with Gasteiger partial charge in [0.25, 0.3) is 0 Å². The molecule has 0 saturated carbocycles. The number of aryl methyl sites for hydroxylation is 1. The molecule has 1 N–H and O–H groups in total. The summed E-state index contributed by atoms with van der Waals surface area (Å²) in [7, 11) is 0. The Balaban J connectivity index is 1.77. The molecule has 3 aromatic heterocycles. The molecule has 0 radical (unpaired) electrons. The Morgan fingerprint density at radius 1 is 1.35 bits per heavy atom. The normalized spacial score (nSPS) is 17.8. The van der Waals surface area contributed by atoms with Crippen molar-refractivity contribution in [2.45, 2.75) is 19.4 Å². The number of hydrogen-bond donors (Lipinski definition) is 1. The van der Waals surface area contributed by atoms with Gasteiger partial charge in [0.2, 0.25) is 0 Å². The van der Waals surface area contributed by atoms with Gasteiger partial charge in [0.05, 0.1) is 10.9 Å². The van der Waals surface area contributed by atoms with Crippen LogP contribution in [0.4, 0.5) is 5.82 Å². The van der Waals surface area contributed by atoms with Crippen molar-refractivity contribution >= 4 is 28.5 Å². The molecular formula is C15H15N3S2. The third-order valence-corrected chi connectivity index (χ3v) is 5.40. The van der Waals surface area contributed by atoms with E-state index in [-0.39, 0.29) is 0 Å². The number of nitrogens with one attached hydrogen (secondary N) is 1. The summed E-state index contributed by atoms with van der Waals surface area (Å²) < 4.78 is 2.15. The summed E-state index contributed by atoms with van der Waals surface area (Å²) in [6, 6.07) is 9.06. The van der Waals surface area contributed by atoms with Gasteiger partial charge in [0.15, 0.2) is 0 Å². The quantitative estimate of drug-likeness (QED) is 0.761. The van der Waals surface area contributed by atoms with E-state index in [2.05, 4.69) is 51.9 Å². The fraction of sp³-hybridized carbons (Fsp3) is 0.267. The topological polar surface area (TPSA) is 29.9 Å². The molecule has 0 spiro atoms. The average Bonchev–Trinajstić information content (AvgIpc) is 3.17. The van der Waals surface area contributed by atoms with Crippen LogP contribution in [0.25, 0.3) is 10.6 Å². The van der Waals surface area contributed by atoms with Crippen LogP contribution < -0.4 is 5.32 Å². The Morgan fingerprint density at radius 3 is 3.05 bits per heavy atom. The maximum Gasteiger partial charge on any atom is 0.125 e. The Bertz CT molecular complexity index is 724. The van der Waals surface area contributed by atoms with Gasteiger partial charge in [-0.2, -0.15) is 16.4 Å². The Morgan fingerprint density at radius 2 is 2.30 bits per heavy atom. The van der Waals surface area contributed by atoms with E-state index in [1.54, 1.807) is 22.7 Å². The number of hydrogen-bond acceptors (Lipinski definition) is 4. The Hall–Kier alpha value is -1.59. The SMILES string of the molecule is Cc1ccc(-c2cc3n(n2)C(c2ccsc2)CCN3)s1. The lowest BCUT2D eigenvalue weighted by molar-refractivity contribution is 0.484. The molecule has 0 amide bonds. The second-order valence-corrected chi connectivity index (χ2v) is 7.13. The summed E-state index contributed by atoms with van der Waals surface area (Å²) >= 11 is 3.56. The van der Waals surface area contributed by atoms with Crippen molar-refractivity contribution < 1.29 is 0 Å². The largest absolute Gasteiger partial charge is 0.370 e. The molecule has 0 fully saturated rings. The van der Waals surface area contributed by atoms with Crippen LogP contribution in [0.2, 0.25) is 0 Å². The van der Waals surface area contributed by atoms with Crippen molar-refractivity contribution in [1.82, 2.24) is 9.78 Å². The highest BCUT2D eigenvalue weighted by atomic mass is 32.1. The second kappa shape index (κ2) is 4.75. The van der Waals surface area contributed by atoms with Gasteiger partial charge in [-0.25, -0.2) is 4.68 Å². The number of nitrogens with zero attached hydrogens (tertiary/aromatic N) is 2.